The summed E-state index contributed by atoms with van der Waals surface area (Å²) >= 11 is 4.05. The molecule has 6 nitrogen and oxygen atoms in total. The average molecular weight is 1100 g/mol. The van der Waals surface area contributed by atoms with Crippen molar-refractivity contribution in [2.75, 3.05) is 50.7 Å². The molecule has 0 aliphatic heterocycles. The number of hydrogen-bond acceptors (Lipinski definition) is 8. The number of hydrogen-bond donors (Lipinski definition) is 0. The molecule has 0 aliphatic rings. The standard InChI is InChI=1S/C66H117NO5S2Si/c1-9-13-17-21-22-30-44-59(43-29-20-16-12-4)65(69)71-53-39-28-32-46-60(67(8)51-37-40-54-72-75(66(5,6)7,62-47-33-25-34-48-62)63-49-35-26-36-50-63)45-31-27-38-52-70-64(68)57-61(74-56-42-24-19-15-11-3)58-73-55-41-23-18-14-10-2/h25-26,33-36,47-50,59-61H,9-24,27-32,37-46,51-58H2,1-8H3. The highest BCUT2D eigenvalue weighted by Crippen LogP contribution is 2.37. The summed E-state index contributed by atoms with van der Waals surface area (Å²) in [4.78, 5) is 29.2. The molecular formula is C66H117NO5S2Si. The van der Waals surface area contributed by atoms with Gasteiger partial charge in [0, 0.05) is 23.7 Å². The smallest absolute Gasteiger partial charge is 0.308 e. The largest absolute Gasteiger partial charge is 0.466 e. The quantitative estimate of drug-likeness (QED) is 0.0369. The first-order valence-corrected chi connectivity index (χ1v) is 35.6. The van der Waals surface area contributed by atoms with E-state index in [1.165, 1.54) is 132 Å². The van der Waals surface area contributed by atoms with Crippen molar-refractivity contribution in [1.29, 1.82) is 0 Å². The van der Waals surface area contributed by atoms with Crippen LogP contribution in [-0.2, 0) is 23.5 Å². The maximum Gasteiger partial charge on any atom is 0.308 e. The van der Waals surface area contributed by atoms with Crippen LogP contribution < -0.4 is 10.4 Å². The van der Waals surface area contributed by atoms with Gasteiger partial charge in [-0.1, -0.05) is 250 Å². The van der Waals surface area contributed by atoms with Gasteiger partial charge in [0.05, 0.1) is 25.6 Å². The Balaban J connectivity index is 1.98. The predicted octanol–water partition coefficient (Wildman–Crippen LogP) is 18.4. The van der Waals surface area contributed by atoms with E-state index in [0.717, 1.165) is 115 Å². The van der Waals surface area contributed by atoms with Crippen molar-refractivity contribution in [3.8, 4) is 0 Å². The fourth-order valence-corrected chi connectivity index (χ4v) is 18.0. The molecule has 0 aromatic heterocycles. The molecule has 0 amide bonds. The summed E-state index contributed by atoms with van der Waals surface area (Å²) in [5.41, 5.74) is 0. The zero-order valence-electron chi connectivity index (χ0n) is 50.1. The monoisotopic (exact) mass is 1100 g/mol. The zero-order valence-corrected chi connectivity index (χ0v) is 52.7. The van der Waals surface area contributed by atoms with Crippen LogP contribution in [0.3, 0.4) is 0 Å². The lowest BCUT2D eigenvalue weighted by atomic mass is 9.94. The second kappa shape index (κ2) is 46.0. The molecule has 0 saturated carbocycles. The SMILES string of the molecule is CCCCCCCCC(CCCCCC)C(=O)OCCCCCC(CCCCCOC(=O)CC(CSCCCCCCC)SCCCCCCC)N(C)CCCCO[Si](c1ccccc1)(c1ccccc1)C(C)(C)C. The van der Waals surface area contributed by atoms with E-state index < -0.39 is 8.32 Å². The topological polar surface area (TPSA) is 65.1 Å². The molecule has 3 atom stereocenters. The molecule has 0 heterocycles. The van der Waals surface area contributed by atoms with Crippen molar-refractivity contribution in [2.45, 2.75) is 277 Å². The van der Waals surface area contributed by atoms with Crippen LogP contribution in [0.1, 0.15) is 260 Å². The fourth-order valence-electron chi connectivity index (χ4n) is 10.8. The van der Waals surface area contributed by atoms with E-state index in [0.29, 0.717) is 30.9 Å². The molecule has 75 heavy (non-hydrogen) atoms. The Morgan fingerprint density at radius 2 is 0.960 bits per heavy atom. The molecule has 0 N–H and O–H groups in total. The lowest BCUT2D eigenvalue weighted by Gasteiger charge is -2.43. The number of carbonyl (C=O) groups is 2. The zero-order chi connectivity index (χ0) is 54.5. The fraction of sp³-hybridized carbons (Fsp3) is 0.788. The highest BCUT2D eigenvalue weighted by Gasteiger charge is 2.50. The van der Waals surface area contributed by atoms with Crippen molar-refractivity contribution in [2.24, 2.45) is 5.92 Å². The molecular weight excluding hydrogens is 979 g/mol. The number of rotatable bonds is 51. The Morgan fingerprint density at radius 3 is 1.49 bits per heavy atom. The second-order valence-corrected chi connectivity index (χ2v) is 30.0. The average Bonchev–Trinajstić information content (AvgIpc) is 3.40. The summed E-state index contributed by atoms with van der Waals surface area (Å²) in [6, 6.07) is 22.5. The normalized spacial score (nSPS) is 13.3. The molecule has 0 aliphatic carbocycles. The van der Waals surface area contributed by atoms with E-state index in [9.17, 15) is 9.59 Å². The van der Waals surface area contributed by atoms with E-state index in [1.54, 1.807) is 0 Å². The van der Waals surface area contributed by atoms with Crippen molar-refractivity contribution >= 4 is 54.2 Å². The summed E-state index contributed by atoms with van der Waals surface area (Å²) in [6.07, 6.45) is 38.6. The summed E-state index contributed by atoms with van der Waals surface area (Å²) in [7, 11) is -0.233. The Hall–Kier alpha value is -1.78. The lowest BCUT2D eigenvalue weighted by Crippen LogP contribution is -2.66. The molecule has 2 aromatic rings. The van der Waals surface area contributed by atoms with Gasteiger partial charge in [-0.3, -0.25) is 9.59 Å². The molecule has 9 heteroatoms. The number of unbranched alkanes of at least 4 members (excludes halogenated alkanes) is 21. The van der Waals surface area contributed by atoms with Gasteiger partial charge >= 0.3 is 11.9 Å². The molecule has 2 rings (SSSR count). The number of ether oxygens (including phenoxy) is 2. The van der Waals surface area contributed by atoms with Crippen molar-refractivity contribution in [3.05, 3.63) is 60.7 Å². The highest BCUT2D eigenvalue weighted by atomic mass is 32.2. The third-order valence-electron chi connectivity index (χ3n) is 15.5. The van der Waals surface area contributed by atoms with Crippen LogP contribution in [0.15, 0.2) is 60.7 Å². The summed E-state index contributed by atoms with van der Waals surface area (Å²) in [6.45, 7) is 19.0. The number of carbonyl (C=O) groups excluding carboxylic acids is 2. The minimum Gasteiger partial charge on any atom is -0.466 e. The third-order valence-corrected chi connectivity index (χ3v) is 23.3. The summed E-state index contributed by atoms with van der Waals surface area (Å²) in [5.74, 6) is 3.51. The molecule has 3 unspecified atom stereocenters. The Bertz CT molecular complexity index is 1570. The van der Waals surface area contributed by atoms with Gasteiger partial charge in [-0.2, -0.15) is 23.5 Å². The first-order valence-electron chi connectivity index (χ1n) is 31.5. The van der Waals surface area contributed by atoms with Gasteiger partial charge < -0.3 is 18.8 Å². The van der Waals surface area contributed by atoms with E-state index in [4.69, 9.17) is 13.9 Å². The molecule has 0 radical (unpaired) electrons. The lowest BCUT2D eigenvalue weighted by molar-refractivity contribution is -0.149. The van der Waals surface area contributed by atoms with Crippen LogP contribution in [0.4, 0.5) is 0 Å². The predicted molar refractivity (Wildman–Crippen MR) is 334 cm³/mol. The van der Waals surface area contributed by atoms with Gasteiger partial charge in [0.2, 0.25) is 0 Å². The van der Waals surface area contributed by atoms with Crippen molar-refractivity contribution < 1.29 is 23.5 Å². The van der Waals surface area contributed by atoms with Gasteiger partial charge in [0.15, 0.2) is 0 Å². The minimum atomic E-state index is -2.56. The second-order valence-electron chi connectivity index (χ2n) is 23.1. The van der Waals surface area contributed by atoms with Gasteiger partial charge in [0.25, 0.3) is 8.32 Å². The van der Waals surface area contributed by atoms with E-state index in [2.05, 4.69) is 121 Å². The van der Waals surface area contributed by atoms with Gasteiger partial charge in [-0.05, 0) is 105 Å². The van der Waals surface area contributed by atoms with Gasteiger partial charge in [-0.25, -0.2) is 0 Å². The van der Waals surface area contributed by atoms with Crippen LogP contribution in [0.25, 0.3) is 0 Å². The number of benzene rings is 2. The van der Waals surface area contributed by atoms with Gasteiger partial charge in [0.1, 0.15) is 0 Å². The van der Waals surface area contributed by atoms with E-state index in [1.807, 2.05) is 23.5 Å². The van der Waals surface area contributed by atoms with Crippen LogP contribution in [0.2, 0.25) is 5.04 Å². The summed E-state index contributed by atoms with van der Waals surface area (Å²) in [5, 5.41) is 3.00. The number of esters is 2. The van der Waals surface area contributed by atoms with Crippen LogP contribution in [0, 0.1) is 5.92 Å². The van der Waals surface area contributed by atoms with Crippen molar-refractivity contribution in [1.82, 2.24) is 4.90 Å². The number of nitrogens with zero attached hydrogens (tertiary/aromatic N) is 1. The van der Waals surface area contributed by atoms with Gasteiger partial charge in [-0.15, -0.1) is 0 Å². The highest BCUT2D eigenvalue weighted by molar-refractivity contribution is 8.03. The van der Waals surface area contributed by atoms with Crippen LogP contribution in [-0.4, -0.2) is 87.1 Å². The molecule has 0 saturated heterocycles. The molecule has 2 aromatic carbocycles. The Labute approximate surface area is 473 Å². The minimum absolute atomic E-state index is 0.00968. The molecule has 0 fully saturated rings. The maximum absolute atomic E-state index is 13.4. The molecule has 0 bridgehead atoms. The van der Waals surface area contributed by atoms with Crippen LogP contribution in [0.5, 0.6) is 0 Å². The van der Waals surface area contributed by atoms with E-state index >= 15 is 0 Å². The molecule has 432 valence electrons. The third kappa shape index (κ3) is 32.2. The Kier molecular flexibility index (Phi) is 42.5. The van der Waals surface area contributed by atoms with Crippen molar-refractivity contribution in [3.63, 3.8) is 0 Å². The summed E-state index contributed by atoms with van der Waals surface area (Å²) < 4.78 is 19.2. The molecule has 0 spiro atoms. The van der Waals surface area contributed by atoms with Crippen LogP contribution >= 0.6 is 23.5 Å². The van der Waals surface area contributed by atoms with E-state index in [-0.39, 0.29) is 22.9 Å². The Morgan fingerprint density at radius 1 is 0.520 bits per heavy atom. The first-order chi connectivity index (χ1) is 36.5. The first kappa shape index (κ1) is 69.3. The maximum atomic E-state index is 13.4. The number of thioether (sulfide) groups is 2.